The van der Waals surface area contributed by atoms with Crippen molar-refractivity contribution in [3.8, 4) is 0 Å². The van der Waals surface area contributed by atoms with Crippen LogP contribution in [0, 0.1) is 6.92 Å². The van der Waals surface area contributed by atoms with E-state index in [-0.39, 0.29) is 5.91 Å². The van der Waals surface area contributed by atoms with Crippen LogP contribution in [-0.4, -0.2) is 17.4 Å². The third-order valence-electron chi connectivity index (χ3n) is 4.19. The van der Waals surface area contributed by atoms with Crippen LogP contribution < -0.4 is 5.32 Å². The molecular weight excluding hydrogens is 320 g/mol. The van der Waals surface area contributed by atoms with E-state index in [0.717, 1.165) is 23.1 Å². The number of nitrogens with zero attached hydrogens (tertiary/aromatic N) is 1. The Labute approximate surface area is 154 Å². The fraction of sp³-hybridized carbons (Fsp3) is 0.130. The van der Waals surface area contributed by atoms with Crippen molar-refractivity contribution in [2.45, 2.75) is 13.3 Å². The van der Waals surface area contributed by atoms with Gasteiger partial charge in [0.1, 0.15) is 0 Å². The second-order valence-corrected chi connectivity index (χ2v) is 6.19. The number of rotatable bonds is 6. The maximum atomic E-state index is 12.5. The van der Waals surface area contributed by atoms with Crippen LogP contribution in [0.25, 0.3) is 5.57 Å². The average molecular weight is 342 g/mol. The van der Waals surface area contributed by atoms with E-state index in [1.54, 1.807) is 18.5 Å². The maximum Gasteiger partial charge on any atom is 0.244 e. The van der Waals surface area contributed by atoms with Crippen LogP contribution in [0.3, 0.4) is 0 Å². The second kappa shape index (κ2) is 8.77. The quantitative estimate of drug-likeness (QED) is 0.683. The molecule has 1 amide bonds. The third kappa shape index (κ3) is 4.90. The Morgan fingerprint density at radius 1 is 0.923 bits per heavy atom. The molecule has 2 aromatic carbocycles. The summed E-state index contributed by atoms with van der Waals surface area (Å²) in [6.07, 6.45) is 5.97. The molecule has 0 aliphatic carbocycles. The number of amides is 1. The van der Waals surface area contributed by atoms with Crippen LogP contribution in [-0.2, 0) is 11.2 Å². The van der Waals surface area contributed by atoms with Crippen LogP contribution in [0.4, 0.5) is 0 Å². The number of hydrogen-bond donors (Lipinski definition) is 1. The molecule has 0 saturated heterocycles. The summed E-state index contributed by atoms with van der Waals surface area (Å²) in [6, 6.07) is 22.2. The van der Waals surface area contributed by atoms with E-state index in [1.807, 2.05) is 42.5 Å². The Morgan fingerprint density at radius 3 is 2.27 bits per heavy atom. The minimum atomic E-state index is -0.0895. The number of benzene rings is 2. The molecule has 0 bridgehead atoms. The average Bonchev–Trinajstić information content (AvgIpc) is 2.68. The van der Waals surface area contributed by atoms with E-state index in [1.165, 1.54) is 11.1 Å². The van der Waals surface area contributed by atoms with Crippen LogP contribution in [0.15, 0.2) is 85.2 Å². The topological polar surface area (TPSA) is 42.0 Å². The Hall–Kier alpha value is -3.20. The molecule has 3 aromatic rings. The van der Waals surface area contributed by atoms with Gasteiger partial charge < -0.3 is 5.32 Å². The molecule has 3 heteroatoms. The van der Waals surface area contributed by atoms with Gasteiger partial charge in [-0.1, -0.05) is 60.2 Å². The van der Waals surface area contributed by atoms with Crippen LogP contribution >= 0.6 is 0 Å². The molecular formula is C23H22N2O. The standard InChI is InChI=1S/C23H22N2O/c1-18-7-9-20(10-8-18)22(21-12-14-24-15-13-21)17-23(26)25-16-11-19-5-3-2-4-6-19/h2-10,12-15,17H,11,16H2,1H3,(H,25,26)/b22-17-. The zero-order valence-electron chi connectivity index (χ0n) is 14.9. The zero-order chi connectivity index (χ0) is 18.2. The highest BCUT2D eigenvalue weighted by Gasteiger charge is 2.08. The van der Waals surface area contributed by atoms with Gasteiger partial charge in [-0.15, -0.1) is 0 Å². The number of pyridine rings is 1. The van der Waals surface area contributed by atoms with E-state index in [4.69, 9.17) is 0 Å². The summed E-state index contributed by atoms with van der Waals surface area (Å²) < 4.78 is 0. The Kier molecular flexibility index (Phi) is 5.94. The molecule has 0 radical (unpaired) electrons. The maximum absolute atomic E-state index is 12.5. The molecule has 0 atom stereocenters. The number of hydrogen-bond acceptors (Lipinski definition) is 2. The SMILES string of the molecule is Cc1ccc(/C(=C/C(=O)NCCc2ccccc2)c2ccncc2)cc1. The molecule has 0 aliphatic heterocycles. The largest absolute Gasteiger partial charge is 0.352 e. The molecule has 3 rings (SSSR count). The first-order valence-corrected chi connectivity index (χ1v) is 8.73. The van der Waals surface area contributed by atoms with Crippen LogP contribution in [0.5, 0.6) is 0 Å². The lowest BCUT2D eigenvalue weighted by Gasteiger charge is -2.09. The summed E-state index contributed by atoms with van der Waals surface area (Å²) in [7, 11) is 0. The van der Waals surface area contributed by atoms with Gasteiger partial charge in [-0.05, 0) is 47.7 Å². The van der Waals surface area contributed by atoms with Gasteiger partial charge in [0.25, 0.3) is 0 Å². The van der Waals surface area contributed by atoms with Crippen molar-refractivity contribution in [1.82, 2.24) is 10.3 Å². The van der Waals surface area contributed by atoms with Gasteiger partial charge in [-0.3, -0.25) is 9.78 Å². The number of aryl methyl sites for hydroxylation is 1. The molecule has 0 unspecified atom stereocenters. The smallest absolute Gasteiger partial charge is 0.244 e. The Morgan fingerprint density at radius 2 is 1.58 bits per heavy atom. The molecule has 0 saturated carbocycles. The molecule has 0 aliphatic rings. The fourth-order valence-corrected chi connectivity index (χ4v) is 2.75. The van der Waals surface area contributed by atoms with E-state index < -0.39 is 0 Å². The van der Waals surface area contributed by atoms with Crippen molar-refractivity contribution in [3.05, 3.63) is 107 Å². The van der Waals surface area contributed by atoms with Crippen molar-refractivity contribution in [3.63, 3.8) is 0 Å². The Bertz CT molecular complexity index is 869. The summed E-state index contributed by atoms with van der Waals surface area (Å²) in [5.41, 5.74) is 5.28. The van der Waals surface area contributed by atoms with E-state index in [0.29, 0.717) is 6.54 Å². The van der Waals surface area contributed by atoms with Crippen molar-refractivity contribution < 1.29 is 4.79 Å². The van der Waals surface area contributed by atoms with Crippen molar-refractivity contribution >= 4 is 11.5 Å². The van der Waals surface area contributed by atoms with Crippen molar-refractivity contribution in [1.29, 1.82) is 0 Å². The number of nitrogens with one attached hydrogen (secondary N) is 1. The first-order chi connectivity index (χ1) is 12.7. The summed E-state index contributed by atoms with van der Waals surface area (Å²) >= 11 is 0. The molecule has 0 spiro atoms. The summed E-state index contributed by atoms with van der Waals surface area (Å²) in [6.45, 7) is 2.66. The first-order valence-electron chi connectivity index (χ1n) is 8.73. The summed E-state index contributed by atoms with van der Waals surface area (Å²) in [5, 5.41) is 2.98. The van der Waals surface area contributed by atoms with E-state index >= 15 is 0 Å². The molecule has 130 valence electrons. The lowest BCUT2D eigenvalue weighted by Crippen LogP contribution is -2.24. The lowest BCUT2D eigenvalue weighted by atomic mass is 9.97. The number of carbonyl (C=O) groups excluding carboxylic acids is 1. The minimum absolute atomic E-state index is 0.0895. The highest BCUT2D eigenvalue weighted by molar-refractivity contribution is 5.99. The zero-order valence-corrected chi connectivity index (χ0v) is 14.9. The van der Waals surface area contributed by atoms with Gasteiger partial charge in [0.2, 0.25) is 5.91 Å². The molecule has 26 heavy (non-hydrogen) atoms. The minimum Gasteiger partial charge on any atom is -0.352 e. The normalized spacial score (nSPS) is 11.2. The second-order valence-electron chi connectivity index (χ2n) is 6.19. The van der Waals surface area contributed by atoms with Gasteiger partial charge in [0.15, 0.2) is 0 Å². The monoisotopic (exact) mass is 342 g/mol. The molecule has 1 N–H and O–H groups in total. The van der Waals surface area contributed by atoms with Crippen molar-refractivity contribution in [2.75, 3.05) is 6.54 Å². The molecule has 0 fully saturated rings. The highest BCUT2D eigenvalue weighted by atomic mass is 16.1. The van der Waals surface area contributed by atoms with Gasteiger partial charge in [0.05, 0.1) is 0 Å². The van der Waals surface area contributed by atoms with Crippen LogP contribution in [0.1, 0.15) is 22.3 Å². The first kappa shape index (κ1) is 17.6. The highest BCUT2D eigenvalue weighted by Crippen LogP contribution is 2.23. The predicted molar refractivity (Wildman–Crippen MR) is 106 cm³/mol. The van der Waals surface area contributed by atoms with Crippen molar-refractivity contribution in [2.24, 2.45) is 0 Å². The van der Waals surface area contributed by atoms with Gasteiger partial charge >= 0.3 is 0 Å². The van der Waals surface area contributed by atoms with E-state index in [9.17, 15) is 4.79 Å². The summed E-state index contributed by atoms with van der Waals surface area (Å²) in [5.74, 6) is -0.0895. The molecule has 3 nitrogen and oxygen atoms in total. The summed E-state index contributed by atoms with van der Waals surface area (Å²) in [4.78, 5) is 16.5. The van der Waals surface area contributed by atoms with Gasteiger partial charge in [-0.25, -0.2) is 0 Å². The predicted octanol–water partition coefficient (Wildman–Crippen LogP) is 4.18. The fourth-order valence-electron chi connectivity index (χ4n) is 2.75. The third-order valence-corrected chi connectivity index (χ3v) is 4.19. The molecule has 1 aromatic heterocycles. The Balaban J connectivity index is 1.75. The molecule has 1 heterocycles. The van der Waals surface area contributed by atoms with Gasteiger partial charge in [0, 0.05) is 25.0 Å². The van der Waals surface area contributed by atoms with Gasteiger partial charge in [-0.2, -0.15) is 0 Å². The number of aromatic nitrogens is 1. The number of carbonyl (C=O) groups is 1. The lowest BCUT2D eigenvalue weighted by molar-refractivity contribution is -0.116. The van der Waals surface area contributed by atoms with Crippen LogP contribution in [0.2, 0.25) is 0 Å². The van der Waals surface area contributed by atoms with E-state index in [2.05, 4.69) is 41.5 Å².